The Kier molecular flexibility index (Phi) is 6.05. The molecule has 1 fully saturated rings. The Morgan fingerprint density at radius 2 is 2.07 bits per heavy atom. The first-order valence-electron chi connectivity index (χ1n) is 9.26. The van der Waals surface area contributed by atoms with Crippen molar-refractivity contribution in [1.82, 2.24) is 4.90 Å². The third-order valence-electron chi connectivity index (χ3n) is 5.22. The van der Waals surface area contributed by atoms with Gasteiger partial charge in [-0.3, -0.25) is 9.79 Å². The predicted octanol–water partition coefficient (Wildman–Crippen LogP) is 3.50. The zero-order valence-corrected chi connectivity index (χ0v) is 16.7. The molecule has 1 saturated heterocycles. The highest BCUT2D eigenvalue weighted by atomic mass is 35.5. The van der Waals surface area contributed by atoms with E-state index in [0.29, 0.717) is 25.1 Å². The van der Waals surface area contributed by atoms with Gasteiger partial charge in [0.05, 0.1) is 12.1 Å². The first-order chi connectivity index (χ1) is 13.2. The fraction of sp³-hybridized carbons (Fsp3) is 0.500. The number of aliphatic imine (C=N–C) groups is 1. The molecule has 1 atom stereocenters. The van der Waals surface area contributed by atoms with Gasteiger partial charge in [-0.25, -0.2) is 8.78 Å². The zero-order valence-electron chi connectivity index (χ0n) is 16.0. The molecule has 152 valence electrons. The molecule has 3 rings (SSSR count). The lowest BCUT2D eigenvalue weighted by Gasteiger charge is -2.42. The van der Waals surface area contributed by atoms with Gasteiger partial charge >= 0.3 is 0 Å². The van der Waals surface area contributed by atoms with Crippen LogP contribution in [0.5, 0.6) is 0 Å². The minimum Gasteiger partial charge on any atom is -0.394 e. The molecule has 1 unspecified atom stereocenters. The Hall–Kier alpha value is -1.99. The van der Waals surface area contributed by atoms with Crippen LogP contribution >= 0.6 is 11.6 Å². The molecular formula is C20H24ClF2N3O2. The molecule has 1 aromatic rings. The van der Waals surface area contributed by atoms with Crippen molar-refractivity contribution in [1.29, 1.82) is 0 Å². The van der Waals surface area contributed by atoms with Crippen molar-refractivity contribution in [2.75, 3.05) is 13.2 Å². The molecule has 8 heteroatoms. The van der Waals surface area contributed by atoms with Crippen LogP contribution in [-0.4, -0.2) is 40.8 Å². The molecule has 2 N–H and O–H groups in total. The van der Waals surface area contributed by atoms with Gasteiger partial charge in [0.25, 0.3) is 5.91 Å². The topological polar surface area (TPSA) is 67.9 Å². The Balaban J connectivity index is 1.76. The molecule has 0 spiro atoms. The van der Waals surface area contributed by atoms with E-state index in [2.05, 4.69) is 4.99 Å². The molecule has 0 radical (unpaired) electrons. The summed E-state index contributed by atoms with van der Waals surface area (Å²) in [6, 6.07) is 3.66. The highest BCUT2D eigenvalue weighted by Crippen LogP contribution is 2.31. The normalized spacial score (nSPS) is 23.3. The van der Waals surface area contributed by atoms with Gasteiger partial charge in [-0.2, -0.15) is 0 Å². The number of halogens is 3. The summed E-state index contributed by atoms with van der Waals surface area (Å²) >= 11 is 6.23. The molecule has 0 bridgehead atoms. The molecular weight excluding hydrogens is 388 g/mol. The first kappa shape index (κ1) is 20.7. The van der Waals surface area contributed by atoms with Gasteiger partial charge in [-0.1, -0.05) is 17.7 Å². The third-order valence-corrected chi connectivity index (χ3v) is 5.57. The summed E-state index contributed by atoms with van der Waals surface area (Å²) in [6.45, 7) is 4.80. The third kappa shape index (κ3) is 4.36. The van der Waals surface area contributed by atoms with Crippen LogP contribution in [-0.2, 0) is 16.1 Å². The first-order valence-corrected chi connectivity index (χ1v) is 9.64. The molecule has 2 heterocycles. The highest BCUT2D eigenvalue weighted by molar-refractivity contribution is 6.69. The van der Waals surface area contributed by atoms with Gasteiger partial charge in [0.15, 0.2) is 0 Å². The van der Waals surface area contributed by atoms with Crippen LogP contribution in [0.1, 0.15) is 38.7 Å². The molecule has 5 nitrogen and oxygen atoms in total. The number of nitrogens with zero attached hydrogens (tertiary/aromatic N) is 2. The minimum absolute atomic E-state index is 0.0143. The Bertz CT molecular complexity index is 818. The quantitative estimate of drug-likeness (QED) is 0.771. The summed E-state index contributed by atoms with van der Waals surface area (Å²) in [5.41, 5.74) is 6.06. The summed E-state index contributed by atoms with van der Waals surface area (Å²) in [5, 5.41) is 0.0143. The SMILES string of the molecule is CC1(C)CC(N2CCC(C(Cl)=NCc3c(F)cccc3F)=C(N)C2=O)CCO1. The molecule has 2 aliphatic heterocycles. The average molecular weight is 412 g/mol. The fourth-order valence-electron chi connectivity index (χ4n) is 3.71. The zero-order chi connectivity index (χ0) is 20.5. The lowest BCUT2D eigenvalue weighted by molar-refractivity contribution is -0.137. The second kappa shape index (κ2) is 8.17. The van der Waals surface area contributed by atoms with Crippen molar-refractivity contribution in [3.8, 4) is 0 Å². The summed E-state index contributed by atoms with van der Waals surface area (Å²) in [4.78, 5) is 18.6. The number of hydrogen-bond acceptors (Lipinski definition) is 4. The van der Waals surface area contributed by atoms with Crippen LogP contribution < -0.4 is 5.73 Å². The lowest BCUT2D eigenvalue weighted by Crippen LogP contribution is -2.51. The van der Waals surface area contributed by atoms with Crippen LogP contribution in [0.3, 0.4) is 0 Å². The Labute approximate surface area is 168 Å². The molecule has 1 aromatic carbocycles. The summed E-state index contributed by atoms with van der Waals surface area (Å²) in [7, 11) is 0. The number of hydrogen-bond donors (Lipinski definition) is 1. The summed E-state index contributed by atoms with van der Waals surface area (Å²) in [6.07, 6.45) is 1.93. The van der Waals surface area contributed by atoms with Crippen LogP contribution in [0.25, 0.3) is 0 Å². The maximum absolute atomic E-state index is 13.7. The van der Waals surface area contributed by atoms with Gasteiger partial charge in [0, 0.05) is 30.3 Å². The van der Waals surface area contributed by atoms with Crippen LogP contribution in [0.4, 0.5) is 8.78 Å². The number of ether oxygens (including phenoxy) is 1. The molecule has 28 heavy (non-hydrogen) atoms. The van der Waals surface area contributed by atoms with Crippen molar-refractivity contribution in [3.63, 3.8) is 0 Å². The van der Waals surface area contributed by atoms with E-state index in [0.717, 1.165) is 25.0 Å². The summed E-state index contributed by atoms with van der Waals surface area (Å²) < 4.78 is 33.2. The maximum atomic E-state index is 13.7. The van der Waals surface area contributed by atoms with Crippen LogP contribution in [0.15, 0.2) is 34.5 Å². The second-order valence-electron chi connectivity index (χ2n) is 7.70. The number of nitrogens with two attached hydrogens (primary N) is 1. The smallest absolute Gasteiger partial charge is 0.270 e. The molecule has 1 amide bonds. The molecule has 0 saturated carbocycles. The van der Waals surface area contributed by atoms with E-state index in [9.17, 15) is 13.6 Å². The van der Waals surface area contributed by atoms with E-state index in [1.807, 2.05) is 13.8 Å². The Morgan fingerprint density at radius 3 is 2.71 bits per heavy atom. The van der Waals surface area contributed by atoms with Gasteiger partial charge in [-0.05, 0) is 45.2 Å². The largest absolute Gasteiger partial charge is 0.394 e. The van der Waals surface area contributed by atoms with E-state index < -0.39 is 11.6 Å². The molecule has 0 aromatic heterocycles. The van der Waals surface area contributed by atoms with Gasteiger partial charge in [-0.15, -0.1) is 0 Å². The van der Waals surface area contributed by atoms with Crippen LogP contribution in [0, 0.1) is 11.6 Å². The number of benzene rings is 1. The van der Waals surface area contributed by atoms with E-state index in [1.165, 1.54) is 6.07 Å². The molecule has 0 aliphatic carbocycles. The molecule has 2 aliphatic rings. The second-order valence-corrected chi connectivity index (χ2v) is 8.06. The number of amides is 1. The monoisotopic (exact) mass is 411 g/mol. The average Bonchev–Trinajstić information content (AvgIpc) is 2.62. The van der Waals surface area contributed by atoms with Gasteiger partial charge in [0.1, 0.15) is 22.5 Å². The fourth-order valence-corrected chi connectivity index (χ4v) is 3.96. The van der Waals surface area contributed by atoms with E-state index in [4.69, 9.17) is 22.1 Å². The summed E-state index contributed by atoms with van der Waals surface area (Å²) in [5.74, 6) is -1.67. The van der Waals surface area contributed by atoms with Crippen molar-refractivity contribution in [3.05, 3.63) is 46.7 Å². The minimum atomic E-state index is -0.691. The van der Waals surface area contributed by atoms with Crippen molar-refractivity contribution in [2.45, 2.75) is 51.3 Å². The number of carbonyl (C=O) groups is 1. The number of rotatable bonds is 4. The van der Waals surface area contributed by atoms with Crippen LogP contribution in [0.2, 0.25) is 0 Å². The van der Waals surface area contributed by atoms with Crippen molar-refractivity contribution in [2.24, 2.45) is 10.7 Å². The van der Waals surface area contributed by atoms with E-state index in [1.54, 1.807) is 4.90 Å². The van der Waals surface area contributed by atoms with Gasteiger partial charge < -0.3 is 15.4 Å². The van der Waals surface area contributed by atoms with Crippen molar-refractivity contribution >= 4 is 22.7 Å². The van der Waals surface area contributed by atoms with E-state index in [-0.39, 0.29) is 40.5 Å². The predicted molar refractivity (Wildman–Crippen MR) is 104 cm³/mol. The Morgan fingerprint density at radius 1 is 1.39 bits per heavy atom. The van der Waals surface area contributed by atoms with Crippen molar-refractivity contribution < 1.29 is 18.3 Å². The van der Waals surface area contributed by atoms with E-state index >= 15 is 0 Å². The van der Waals surface area contributed by atoms with Gasteiger partial charge in [0.2, 0.25) is 0 Å². The standard InChI is InChI=1S/C20H24ClF2N3O2/c1-20(2)10-12(7-9-28-20)26-8-6-13(17(24)19(26)27)18(21)25-11-14-15(22)4-3-5-16(14)23/h3-5,12H,6-11,24H2,1-2H3. The maximum Gasteiger partial charge on any atom is 0.270 e. The highest BCUT2D eigenvalue weighted by Gasteiger charge is 2.37. The lowest BCUT2D eigenvalue weighted by atomic mass is 9.91. The number of carbonyl (C=O) groups excluding carboxylic acids is 1.